The van der Waals surface area contributed by atoms with Gasteiger partial charge in [0.2, 0.25) is 5.88 Å². The van der Waals surface area contributed by atoms with E-state index >= 15 is 0 Å². The average Bonchev–Trinajstić information content (AvgIpc) is 3.10. The van der Waals surface area contributed by atoms with Crippen molar-refractivity contribution in [1.29, 1.82) is 0 Å². The Morgan fingerprint density at radius 1 is 1.19 bits per heavy atom. The van der Waals surface area contributed by atoms with Gasteiger partial charge in [0.05, 0.1) is 30.9 Å². The maximum atomic E-state index is 12.4. The predicted octanol–water partition coefficient (Wildman–Crippen LogP) is 3.34. The molecule has 8 heteroatoms. The number of anilines is 1. The summed E-state index contributed by atoms with van der Waals surface area (Å²) >= 11 is 0. The van der Waals surface area contributed by atoms with Crippen LogP contribution < -0.4 is 15.0 Å². The first-order valence-electron chi connectivity index (χ1n) is 10.3. The molecule has 1 aromatic carbocycles. The van der Waals surface area contributed by atoms with Crippen molar-refractivity contribution in [2.45, 2.75) is 39.4 Å². The van der Waals surface area contributed by atoms with Crippen LogP contribution in [-0.2, 0) is 9.47 Å². The van der Waals surface area contributed by atoms with Gasteiger partial charge in [0.25, 0.3) is 5.91 Å². The predicted molar refractivity (Wildman–Crippen MR) is 117 cm³/mol. The Hall–Kier alpha value is -3.13. The van der Waals surface area contributed by atoms with Crippen molar-refractivity contribution >= 4 is 17.7 Å². The second kappa shape index (κ2) is 9.78. The highest BCUT2D eigenvalue weighted by Crippen LogP contribution is 2.21. The number of aromatic nitrogens is 1. The van der Waals surface area contributed by atoms with Crippen LogP contribution in [0.2, 0.25) is 0 Å². The third-order valence-corrected chi connectivity index (χ3v) is 4.58. The van der Waals surface area contributed by atoms with E-state index in [1.807, 2.05) is 52.0 Å². The van der Waals surface area contributed by atoms with Gasteiger partial charge in [-0.25, -0.2) is 9.78 Å². The van der Waals surface area contributed by atoms with E-state index < -0.39 is 12.2 Å². The van der Waals surface area contributed by atoms with Gasteiger partial charge < -0.3 is 19.5 Å². The Labute approximate surface area is 182 Å². The Bertz CT molecular complexity index is 891. The van der Waals surface area contributed by atoms with E-state index in [9.17, 15) is 9.59 Å². The molecule has 1 aliphatic heterocycles. The Morgan fingerprint density at radius 3 is 2.58 bits per heavy atom. The number of carbonyl (C=O) groups is 2. The minimum absolute atomic E-state index is 0.218. The molecule has 2 amide bonds. The summed E-state index contributed by atoms with van der Waals surface area (Å²) in [6.07, 6.45) is 0.618. The molecule has 1 saturated heterocycles. The van der Waals surface area contributed by atoms with E-state index in [2.05, 4.69) is 10.3 Å². The molecule has 0 aliphatic carbocycles. The summed E-state index contributed by atoms with van der Waals surface area (Å²) in [7, 11) is 0. The average molecular weight is 428 g/mol. The first kappa shape index (κ1) is 22.6. The molecular formula is C23H29N3O5. The number of rotatable bonds is 8. The Kier molecular flexibility index (Phi) is 7.12. The van der Waals surface area contributed by atoms with Gasteiger partial charge in [0.15, 0.2) is 0 Å². The van der Waals surface area contributed by atoms with E-state index in [1.165, 1.54) is 6.20 Å². The zero-order chi connectivity index (χ0) is 22.4. The topological polar surface area (TPSA) is 90.0 Å². The van der Waals surface area contributed by atoms with Crippen LogP contribution in [-0.4, -0.2) is 55.0 Å². The summed E-state index contributed by atoms with van der Waals surface area (Å²) in [6.45, 7) is 9.34. The number of aryl methyl sites for hydroxylation is 1. The number of benzene rings is 1. The van der Waals surface area contributed by atoms with E-state index in [4.69, 9.17) is 14.2 Å². The Balaban J connectivity index is 1.44. The minimum Gasteiger partial charge on any atom is -0.475 e. The number of hydrogen-bond acceptors (Lipinski definition) is 6. The molecule has 8 nitrogen and oxygen atoms in total. The molecule has 3 rings (SSSR count). The summed E-state index contributed by atoms with van der Waals surface area (Å²) in [5.74, 6) is 0.132. The van der Waals surface area contributed by atoms with Crippen molar-refractivity contribution in [1.82, 2.24) is 10.3 Å². The molecule has 2 heterocycles. The van der Waals surface area contributed by atoms with Crippen LogP contribution in [0.4, 0.5) is 10.5 Å². The van der Waals surface area contributed by atoms with Crippen molar-refractivity contribution in [3.05, 3.63) is 53.7 Å². The van der Waals surface area contributed by atoms with E-state index in [0.717, 1.165) is 11.3 Å². The fraction of sp³-hybridized carbons (Fsp3) is 0.435. The monoisotopic (exact) mass is 427 g/mol. The van der Waals surface area contributed by atoms with E-state index in [-0.39, 0.29) is 18.1 Å². The minimum atomic E-state index is -0.420. The number of cyclic esters (lactones) is 1. The molecule has 1 unspecified atom stereocenters. The van der Waals surface area contributed by atoms with E-state index in [1.54, 1.807) is 17.0 Å². The van der Waals surface area contributed by atoms with Gasteiger partial charge in [-0.1, -0.05) is 17.7 Å². The molecular weight excluding hydrogens is 398 g/mol. The number of carbonyl (C=O) groups excluding carboxylic acids is 2. The number of hydrogen-bond donors (Lipinski definition) is 1. The smallest absolute Gasteiger partial charge is 0.414 e. The summed E-state index contributed by atoms with van der Waals surface area (Å²) < 4.78 is 16.5. The van der Waals surface area contributed by atoms with Crippen LogP contribution in [0.3, 0.4) is 0 Å². The second-order valence-electron chi connectivity index (χ2n) is 8.36. The van der Waals surface area contributed by atoms with Crippen molar-refractivity contribution < 1.29 is 23.8 Å². The molecule has 1 aliphatic rings. The lowest BCUT2D eigenvalue weighted by atomic mass is 10.2. The van der Waals surface area contributed by atoms with Crippen molar-refractivity contribution in [2.75, 3.05) is 31.2 Å². The summed E-state index contributed by atoms with van der Waals surface area (Å²) in [5.41, 5.74) is 2.07. The number of nitrogens with zero attached hydrogens (tertiary/aromatic N) is 2. The van der Waals surface area contributed by atoms with Gasteiger partial charge in [0, 0.05) is 18.0 Å². The van der Waals surface area contributed by atoms with Crippen molar-refractivity contribution in [3.63, 3.8) is 0 Å². The van der Waals surface area contributed by atoms with Gasteiger partial charge in [-0.2, -0.15) is 0 Å². The van der Waals surface area contributed by atoms with Gasteiger partial charge >= 0.3 is 6.09 Å². The zero-order valence-electron chi connectivity index (χ0n) is 18.4. The van der Waals surface area contributed by atoms with E-state index in [0.29, 0.717) is 31.2 Å². The van der Waals surface area contributed by atoms with Gasteiger partial charge in [-0.3, -0.25) is 9.69 Å². The van der Waals surface area contributed by atoms with Crippen molar-refractivity contribution in [2.24, 2.45) is 0 Å². The molecule has 31 heavy (non-hydrogen) atoms. The fourth-order valence-corrected chi connectivity index (χ4v) is 2.97. The highest BCUT2D eigenvalue weighted by molar-refractivity contribution is 5.94. The first-order chi connectivity index (χ1) is 14.7. The lowest BCUT2D eigenvalue weighted by molar-refractivity contribution is -0.0168. The highest BCUT2D eigenvalue weighted by atomic mass is 16.6. The normalized spacial score (nSPS) is 16.2. The maximum Gasteiger partial charge on any atom is 0.414 e. The zero-order valence-corrected chi connectivity index (χ0v) is 18.4. The third kappa shape index (κ3) is 6.68. The Morgan fingerprint density at radius 2 is 1.94 bits per heavy atom. The lowest BCUT2D eigenvalue weighted by Crippen LogP contribution is -2.34. The van der Waals surface area contributed by atoms with Crippen molar-refractivity contribution in [3.8, 4) is 5.88 Å². The van der Waals surface area contributed by atoms with Crippen LogP contribution in [0.25, 0.3) is 0 Å². The van der Waals surface area contributed by atoms with Crippen LogP contribution in [0.15, 0.2) is 42.6 Å². The molecule has 1 atom stereocenters. The SMILES string of the molecule is Cc1ccc(N2CC(CNC(=O)c3ccc(OCCOC(C)(C)C)nc3)OC2=O)cc1. The molecule has 0 spiro atoms. The fourth-order valence-electron chi connectivity index (χ4n) is 2.97. The molecule has 0 saturated carbocycles. The largest absolute Gasteiger partial charge is 0.475 e. The lowest BCUT2D eigenvalue weighted by Gasteiger charge is -2.19. The summed E-state index contributed by atoms with van der Waals surface area (Å²) in [5, 5.41) is 2.79. The number of pyridine rings is 1. The second-order valence-corrected chi connectivity index (χ2v) is 8.36. The van der Waals surface area contributed by atoms with Gasteiger partial charge in [-0.05, 0) is 45.9 Å². The number of amides is 2. The molecule has 1 fully saturated rings. The van der Waals surface area contributed by atoms with Crippen LogP contribution in [0.1, 0.15) is 36.7 Å². The molecule has 1 N–H and O–H groups in total. The third-order valence-electron chi connectivity index (χ3n) is 4.58. The number of nitrogens with one attached hydrogen (secondary N) is 1. The maximum absolute atomic E-state index is 12.4. The van der Waals surface area contributed by atoms with Crippen LogP contribution in [0.5, 0.6) is 5.88 Å². The van der Waals surface area contributed by atoms with Crippen LogP contribution >= 0.6 is 0 Å². The van der Waals surface area contributed by atoms with Crippen LogP contribution in [0, 0.1) is 6.92 Å². The molecule has 2 aromatic rings. The summed E-state index contributed by atoms with van der Waals surface area (Å²) in [4.78, 5) is 30.2. The van der Waals surface area contributed by atoms with Gasteiger partial charge in [0.1, 0.15) is 12.7 Å². The van der Waals surface area contributed by atoms with Gasteiger partial charge in [-0.15, -0.1) is 0 Å². The quantitative estimate of drug-likeness (QED) is 0.650. The standard InChI is InChI=1S/C23H29N3O5/c1-16-5-8-18(9-6-16)26-15-19(31-22(26)28)14-25-21(27)17-7-10-20(24-13-17)29-11-12-30-23(2,3)4/h5-10,13,19H,11-12,14-15H2,1-4H3,(H,25,27). The molecule has 0 radical (unpaired) electrons. The summed E-state index contributed by atoms with van der Waals surface area (Å²) in [6, 6.07) is 10.9. The first-order valence-corrected chi connectivity index (χ1v) is 10.3. The number of ether oxygens (including phenoxy) is 3. The highest BCUT2D eigenvalue weighted by Gasteiger charge is 2.32. The molecule has 0 bridgehead atoms. The molecule has 1 aromatic heterocycles. The molecule has 166 valence electrons.